The number of hydrogen-bond acceptors (Lipinski definition) is 3. The van der Waals surface area contributed by atoms with E-state index in [1.807, 2.05) is 0 Å². The molecule has 0 aliphatic heterocycles. The van der Waals surface area contributed by atoms with Crippen LogP contribution in [0.1, 0.15) is 12.8 Å². The van der Waals surface area contributed by atoms with Crippen molar-refractivity contribution in [1.82, 2.24) is 9.86 Å². The van der Waals surface area contributed by atoms with E-state index in [-0.39, 0.29) is 6.04 Å². The smallest absolute Gasteiger partial charge is 0.0239 e. The molecular weight excluding hydrogens is 128 g/mol. The Labute approximate surface area is 49.7 Å². The van der Waals surface area contributed by atoms with Crippen molar-refractivity contribution in [3.63, 3.8) is 0 Å². The zero-order chi connectivity index (χ0) is 6.20. The van der Waals surface area contributed by atoms with Crippen LogP contribution in [0.5, 0.6) is 0 Å². The Morgan fingerprint density at radius 1 is 1.50 bits per heavy atom. The standard InChI is InChI=1S/C3H11N2O2S/c4-8(6,7)5-3-1-2-3/h3-7H,1-2,8H2. The molecule has 0 aromatic rings. The fraction of sp³-hybridized carbons (Fsp3) is 1.00. The summed E-state index contributed by atoms with van der Waals surface area (Å²) < 4.78 is 19.4. The van der Waals surface area contributed by atoms with Gasteiger partial charge in [0.15, 0.2) is 0 Å². The van der Waals surface area contributed by atoms with E-state index in [1.54, 1.807) is 0 Å². The molecule has 1 fully saturated rings. The molecule has 1 aliphatic carbocycles. The van der Waals surface area contributed by atoms with Gasteiger partial charge in [-0.2, -0.15) is 5.14 Å². The third-order valence-electron chi connectivity index (χ3n) is 0.983. The fourth-order valence-corrected chi connectivity index (χ4v) is 1.37. The van der Waals surface area contributed by atoms with Gasteiger partial charge in [0.25, 0.3) is 0 Å². The van der Waals surface area contributed by atoms with Gasteiger partial charge < -0.3 is 9.11 Å². The zero-order valence-corrected chi connectivity index (χ0v) is 5.39. The van der Waals surface area contributed by atoms with Crippen LogP contribution < -0.4 is 9.86 Å². The molecule has 0 aromatic carbocycles. The van der Waals surface area contributed by atoms with Crippen LogP contribution >= 0.6 is 11.0 Å². The van der Waals surface area contributed by atoms with E-state index in [2.05, 4.69) is 4.72 Å². The summed E-state index contributed by atoms with van der Waals surface area (Å²) in [5.74, 6) is 0. The van der Waals surface area contributed by atoms with Crippen LogP contribution in [0, 0.1) is 0 Å². The Kier molecular flexibility index (Phi) is 1.46. The Morgan fingerprint density at radius 3 is 2.12 bits per heavy atom. The first kappa shape index (κ1) is 6.31. The normalized spacial score (nSPS) is 23.4. The summed E-state index contributed by atoms with van der Waals surface area (Å²) in [6.45, 7) is 0. The van der Waals surface area contributed by atoms with Crippen LogP contribution in [0.4, 0.5) is 0 Å². The van der Waals surface area contributed by atoms with Gasteiger partial charge in [0.05, 0.1) is 0 Å². The Morgan fingerprint density at radius 2 is 2.00 bits per heavy atom. The van der Waals surface area contributed by atoms with Crippen LogP contribution in [-0.2, 0) is 0 Å². The molecule has 0 heterocycles. The van der Waals surface area contributed by atoms with Gasteiger partial charge in [-0.1, -0.05) is 0 Å². The number of nitrogens with one attached hydrogen (secondary N) is 2. The second-order valence-corrected chi connectivity index (χ2v) is 3.72. The highest BCUT2D eigenvalue weighted by Crippen LogP contribution is 2.32. The molecule has 0 amide bonds. The topological polar surface area (TPSA) is 76.3 Å². The van der Waals surface area contributed by atoms with Crippen molar-refractivity contribution in [2.75, 3.05) is 0 Å². The Hall–Kier alpha value is 0.190. The number of rotatable bonds is 2. The molecule has 4 nitrogen and oxygen atoms in total. The van der Waals surface area contributed by atoms with Crippen molar-refractivity contribution in [2.24, 2.45) is 0 Å². The maximum absolute atomic E-state index is 8.48. The summed E-state index contributed by atoms with van der Waals surface area (Å²) in [4.78, 5) is 0. The molecule has 1 aliphatic rings. The molecule has 1 saturated carbocycles. The van der Waals surface area contributed by atoms with Gasteiger partial charge in [0.1, 0.15) is 0 Å². The summed E-state index contributed by atoms with van der Waals surface area (Å²) in [6, 6.07) is 0.217. The molecule has 0 spiro atoms. The molecule has 0 atom stereocenters. The minimum Gasteiger partial charge on any atom is -0.307 e. The fourth-order valence-electron chi connectivity index (χ4n) is 0.512. The summed E-state index contributed by atoms with van der Waals surface area (Å²) in [6.07, 6.45) is 1.96. The lowest BCUT2D eigenvalue weighted by Gasteiger charge is -2.33. The van der Waals surface area contributed by atoms with Crippen LogP contribution in [0.25, 0.3) is 0 Å². The van der Waals surface area contributed by atoms with Crippen LogP contribution in [-0.4, -0.2) is 15.1 Å². The average Bonchev–Trinajstić information content (AvgIpc) is 2.12. The third kappa shape index (κ3) is 2.49. The second-order valence-electron chi connectivity index (χ2n) is 2.09. The van der Waals surface area contributed by atoms with Crippen molar-refractivity contribution in [3.8, 4) is 0 Å². The molecule has 8 heavy (non-hydrogen) atoms. The van der Waals surface area contributed by atoms with Gasteiger partial charge in [-0.25, -0.2) is 15.7 Å². The molecule has 1 radical (unpaired) electrons. The monoisotopic (exact) mass is 139 g/mol. The third-order valence-corrected chi connectivity index (χ3v) is 1.79. The van der Waals surface area contributed by atoms with E-state index in [0.717, 1.165) is 12.8 Å². The first-order valence-corrected chi connectivity index (χ1v) is 4.45. The highest BCUT2D eigenvalue weighted by molar-refractivity contribution is 8.20. The predicted molar refractivity (Wildman–Crippen MR) is 34.9 cm³/mol. The van der Waals surface area contributed by atoms with Crippen molar-refractivity contribution < 1.29 is 9.11 Å². The van der Waals surface area contributed by atoms with Gasteiger partial charge >= 0.3 is 0 Å². The minimum absolute atomic E-state index is 0.217. The van der Waals surface area contributed by atoms with Gasteiger partial charge in [0.2, 0.25) is 0 Å². The largest absolute Gasteiger partial charge is 0.307 e. The van der Waals surface area contributed by atoms with Gasteiger partial charge in [-0.15, -0.1) is 0 Å². The first-order valence-electron chi connectivity index (χ1n) is 2.55. The Balaban J connectivity index is 2.16. The molecule has 4 N–H and O–H groups in total. The maximum atomic E-state index is 8.48. The van der Waals surface area contributed by atoms with Crippen molar-refractivity contribution in [3.05, 3.63) is 0 Å². The van der Waals surface area contributed by atoms with Crippen molar-refractivity contribution in [2.45, 2.75) is 18.9 Å². The number of hydrogen-bond donors (Lipinski definition) is 3. The van der Waals surface area contributed by atoms with Crippen LogP contribution in [0.2, 0.25) is 0 Å². The lowest BCUT2D eigenvalue weighted by molar-refractivity contribution is 0.469. The van der Waals surface area contributed by atoms with E-state index >= 15 is 0 Å². The Bertz CT molecular complexity index is 87.8. The van der Waals surface area contributed by atoms with Crippen molar-refractivity contribution >= 4 is 11.0 Å². The summed E-state index contributed by atoms with van der Waals surface area (Å²) >= 11 is 0. The minimum atomic E-state index is -3.66. The summed E-state index contributed by atoms with van der Waals surface area (Å²) in [5, 5.41) is 6.64. The molecule has 5 heteroatoms. The lowest BCUT2D eigenvalue weighted by Crippen LogP contribution is -2.21. The lowest BCUT2D eigenvalue weighted by atomic mass is 10.8. The second kappa shape index (κ2) is 1.85. The van der Waals surface area contributed by atoms with E-state index in [4.69, 9.17) is 14.2 Å². The molecule has 1 rings (SSSR count). The first-order chi connectivity index (χ1) is 3.58. The summed E-state index contributed by atoms with van der Waals surface area (Å²) in [5.41, 5.74) is 0. The van der Waals surface area contributed by atoms with E-state index < -0.39 is 11.0 Å². The molecule has 0 bridgehead atoms. The van der Waals surface area contributed by atoms with Crippen LogP contribution in [0.15, 0.2) is 0 Å². The average molecular weight is 139 g/mol. The van der Waals surface area contributed by atoms with Gasteiger partial charge in [-0.3, -0.25) is 0 Å². The van der Waals surface area contributed by atoms with Gasteiger partial charge in [0, 0.05) is 6.04 Å². The highest BCUT2D eigenvalue weighted by atomic mass is 32.3. The highest BCUT2D eigenvalue weighted by Gasteiger charge is 2.22. The van der Waals surface area contributed by atoms with E-state index in [0.29, 0.717) is 0 Å². The molecule has 0 saturated heterocycles. The van der Waals surface area contributed by atoms with E-state index in [9.17, 15) is 0 Å². The molecule has 0 aromatic heterocycles. The summed E-state index contributed by atoms with van der Waals surface area (Å²) in [7, 11) is -3.66. The van der Waals surface area contributed by atoms with Gasteiger partial charge in [-0.05, 0) is 12.8 Å². The van der Waals surface area contributed by atoms with Crippen LogP contribution in [0.3, 0.4) is 0 Å². The molecule has 51 valence electrons. The predicted octanol–water partition coefficient (Wildman–Crippen LogP) is 0.0665. The maximum Gasteiger partial charge on any atom is 0.0239 e. The zero-order valence-electron chi connectivity index (χ0n) is 4.39. The van der Waals surface area contributed by atoms with Crippen molar-refractivity contribution in [1.29, 1.82) is 0 Å². The van der Waals surface area contributed by atoms with E-state index in [1.165, 1.54) is 0 Å². The molecule has 0 unspecified atom stereocenters. The SMILES string of the molecule is [NH][SH2](O)(O)NC1CC1. The quantitative estimate of drug-likeness (QED) is 0.506. The molecular formula is C3H11N2O2S.